The number of pyridine rings is 1. The zero-order valence-electron chi connectivity index (χ0n) is 11.8. The van der Waals surface area contributed by atoms with Crippen LogP contribution >= 0.6 is 0 Å². The van der Waals surface area contributed by atoms with Gasteiger partial charge in [-0.1, -0.05) is 6.07 Å². The highest BCUT2D eigenvalue weighted by atomic mass is 32.2. The van der Waals surface area contributed by atoms with Crippen molar-refractivity contribution in [2.45, 2.75) is 18.7 Å². The molecule has 0 amide bonds. The topological polar surface area (TPSA) is 94.3 Å². The monoisotopic (exact) mass is 307 g/mol. The van der Waals surface area contributed by atoms with Crippen LogP contribution in [0.1, 0.15) is 12.5 Å². The van der Waals surface area contributed by atoms with Gasteiger partial charge >= 0.3 is 0 Å². The van der Waals surface area contributed by atoms with Gasteiger partial charge in [0.15, 0.2) is 0 Å². The number of benzene rings is 1. The molecular formula is C14H17N3O3S. The van der Waals surface area contributed by atoms with E-state index in [-0.39, 0.29) is 16.5 Å². The van der Waals surface area contributed by atoms with Crippen molar-refractivity contribution in [2.24, 2.45) is 0 Å². The van der Waals surface area contributed by atoms with Crippen LogP contribution < -0.4 is 15.2 Å². The van der Waals surface area contributed by atoms with E-state index in [2.05, 4.69) is 9.71 Å². The summed E-state index contributed by atoms with van der Waals surface area (Å²) in [7, 11) is -3.83. The van der Waals surface area contributed by atoms with Gasteiger partial charge in [0.2, 0.25) is 0 Å². The number of nitrogen functional groups attached to an aromatic ring is 1. The highest BCUT2D eigenvalue weighted by Crippen LogP contribution is 2.28. The number of nitrogens with two attached hydrogens (primary N) is 1. The van der Waals surface area contributed by atoms with Crippen molar-refractivity contribution in [3.05, 3.63) is 42.1 Å². The van der Waals surface area contributed by atoms with Gasteiger partial charge in [-0.2, -0.15) is 0 Å². The van der Waals surface area contributed by atoms with E-state index < -0.39 is 10.0 Å². The summed E-state index contributed by atoms with van der Waals surface area (Å²) in [5.41, 5.74) is 6.75. The van der Waals surface area contributed by atoms with E-state index in [1.165, 1.54) is 12.3 Å². The summed E-state index contributed by atoms with van der Waals surface area (Å²) < 4.78 is 32.8. The van der Waals surface area contributed by atoms with Crippen molar-refractivity contribution in [3.63, 3.8) is 0 Å². The van der Waals surface area contributed by atoms with E-state index >= 15 is 0 Å². The highest BCUT2D eigenvalue weighted by Gasteiger charge is 2.21. The summed E-state index contributed by atoms with van der Waals surface area (Å²) in [6, 6.07) is 8.01. The maximum atomic E-state index is 12.5. The number of nitrogens with zero attached hydrogens (tertiary/aromatic N) is 1. The summed E-state index contributed by atoms with van der Waals surface area (Å²) in [6.07, 6.45) is 1.52. The fourth-order valence-corrected chi connectivity index (χ4v) is 3.05. The lowest BCUT2D eigenvalue weighted by atomic mass is 10.3. The Morgan fingerprint density at radius 3 is 2.76 bits per heavy atom. The molecule has 2 rings (SSSR count). The minimum atomic E-state index is -3.83. The Hall–Kier alpha value is -2.28. The number of sulfonamides is 1. The molecule has 1 heterocycles. The summed E-state index contributed by atoms with van der Waals surface area (Å²) >= 11 is 0. The normalized spacial score (nSPS) is 11.1. The third-order valence-corrected chi connectivity index (χ3v) is 4.16. The minimum absolute atomic E-state index is 0.00518. The lowest BCUT2D eigenvalue weighted by molar-refractivity contribution is 0.331. The van der Waals surface area contributed by atoms with E-state index in [1.54, 1.807) is 38.1 Å². The third-order valence-electron chi connectivity index (χ3n) is 2.80. The Kier molecular flexibility index (Phi) is 4.32. The first kappa shape index (κ1) is 15.1. The molecule has 0 aliphatic carbocycles. The standard InChI is InChI=1S/C14H17N3O3S/c1-3-20-12-7-6-11(15)9-13(12)21(18,19)17-14-10(2)5-4-8-16-14/h4-9H,3,15H2,1-2H3,(H,16,17). The molecule has 3 N–H and O–H groups in total. The first-order chi connectivity index (χ1) is 9.94. The SMILES string of the molecule is CCOc1ccc(N)cc1S(=O)(=O)Nc1ncccc1C. The first-order valence-electron chi connectivity index (χ1n) is 6.41. The molecule has 0 atom stereocenters. The lowest BCUT2D eigenvalue weighted by Gasteiger charge is -2.13. The molecule has 0 saturated heterocycles. The largest absolute Gasteiger partial charge is 0.492 e. The zero-order chi connectivity index (χ0) is 15.5. The Morgan fingerprint density at radius 2 is 2.10 bits per heavy atom. The average molecular weight is 307 g/mol. The van der Waals surface area contributed by atoms with Gasteiger partial charge in [0.25, 0.3) is 10.0 Å². The number of aryl methyl sites for hydroxylation is 1. The van der Waals surface area contributed by atoms with Gasteiger partial charge in [-0.3, -0.25) is 4.72 Å². The summed E-state index contributed by atoms with van der Waals surface area (Å²) in [6.45, 7) is 3.91. The van der Waals surface area contributed by atoms with Crippen LogP contribution in [0.2, 0.25) is 0 Å². The van der Waals surface area contributed by atoms with E-state index in [1.807, 2.05) is 0 Å². The highest BCUT2D eigenvalue weighted by molar-refractivity contribution is 7.92. The van der Waals surface area contributed by atoms with Crippen LogP contribution in [0.5, 0.6) is 5.75 Å². The van der Waals surface area contributed by atoms with E-state index in [0.717, 1.165) is 5.56 Å². The number of anilines is 2. The lowest BCUT2D eigenvalue weighted by Crippen LogP contribution is -2.16. The van der Waals surface area contributed by atoms with E-state index in [4.69, 9.17) is 10.5 Å². The molecule has 0 fully saturated rings. The Morgan fingerprint density at radius 1 is 1.33 bits per heavy atom. The van der Waals surface area contributed by atoms with Gasteiger partial charge in [0, 0.05) is 11.9 Å². The molecular weight excluding hydrogens is 290 g/mol. The molecule has 0 aliphatic rings. The molecule has 0 aliphatic heterocycles. The fraction of sp³-hybridized carbons (Fsp3) is 0.214. The molecule has 7 heteroatoms. The molecule has 0 spiro atoms. The second-order valence-corrected chi connectivity index (χ2v) is 6.06. The van der Waals surface area contributed by atoms with Crippen molar-refractivity contribution < 1.29 is 13.2 Å². The van der Waals surface area contributed by atoms with Crippen LogP contribution in [0.25, 0.3) is 0 Å². The first-order valence-corrected chi connectivity index (χ1v) is 7.89. The van der Waals surface area contributed by atoms with Gasteiger partial charge in [0.1, 0.15) is 16.5 Å². The van der Waals surface area contributed by atoms with Crippen LogP contribution in [-0.4, -0.2) is 20.0 Å². The van der Waals surface area contributed by atoms with Crippen LogP contribution in [0, 0.1) is 6.92 Å². The molecule has 2 aromatic rings. The molecule has 6 nitrogen and oxygen atoms in total. The van der Waals surface area contributed by atoms with Crippen LogP contribution in [0.15, 0.2) is 41.4 Å². The van der Waals surface area contributed by atoms with Crippen LogP contribution in [0.4, 0.5) is 11.5 Å². The second-order valence-electron chi connectivity index (χ2n) is 4.41. The predicted molar refractivity (Wildman–Crippen MR) is 81.8 cm³/mol. The number of ether oxygens (including phenoxy) is 1. The molecule has 1 aromatic heterocycles. The number of aromatic nitrogens is 1. The Balaban J connectivity index is 2.44. The molecule has 21 heavy (non-hydrogen) atoms. The molecule has 0 radical (unpaired) electrons. The fourth-order valence-electron chi connectivity index (χ4n) is 1.78. The van der Waals surface area contributed by atoms with Crippen molar-refractivity contribution in [3.8, 4) is 5.75 Å². The van der Waals surface area contributed by atoms with Crippen LogP contribution in [0.3, 0.4) is 0 Å². The molecule has 0 saturated carbocycles. The molecule has 1 aromatic carbocycles. The summed E-state index contributed by atoms with van der Waals surface area (Å²) in [4.78, 5) is 4.02. The Bertz CT molecular complexity index is 745. The van der Waals surface area contributed by atoms with Crippen molar-refractivity contribution in [1.82, 2.24) is 4.98 Å². The van der Waals surface area contributed by atoms with E-state index in [0.29, 0.717) is 12.3 Å². The van der Waals surface area contributed by atoms with Gasteiger partial charge in [-0.15, -0.1) is 0 Å². The summed E-state index contributed by atoms with van der Waals surface area (Å²) in [5, 5.41) is 0. The smallest absolute Gasteiger partial charge is 0.266 e. The van der Waals surface area contributed by atoms with Crippen LogP contribution in [-0.2, 0) is 10.0 Å². The van der Waals surface area contributed by atoms with E-state index in [9.17, 15) is 8.42 Å². The predicted octanol–water partition coefficient (Wildman–Crippen LogP) is 2.17. The minimum Gasteiger partial charge on any atom is -0.492 e. The summed E-state index contributed by atoms with van der Waals surface area (Å²) in [5.74, 6) is 0.537. The maximum absolute atomic E-state index is 12.5. The number of rotatable bonds is 5. The van der Waals surface area contributed by atoms with Crippen molar-refractivity contribution in [1.29, 1.82) is 0 Å². The molecule has 0 unspecified atom stereocenters. The van der Waals surface area contributed by atoms with Crippen molar-refractivity contribution in [2.75, 3.05) is 17.1 Å². The van der Waals surface area contributed by atoms with Gasteiger partial charge < -0.3 is 10.5 Å². The van der Waals surface area contributed by atoms with Crippen molar-refractivity contribution >= 4 is 21.5 Å². The second kappa shape index (κ2) is 6.01. The van der Waals surface area contributed by atoms with Gasteiger partial charge in [-0.05, 0) is 43.7 Å². The molecule has 112 valence electrons. The Labute approximate surface area is 124 Å². The van der Waals surface area contributed by atoms with Gasteiger partial charge in [0.05, 0.1) is 6.61 Å². The molecule has 0 bridgehead atoms. The maximum Gasteiger partial charge on any atom is 0.266 e. The average Bonchev–Trinajstić information content (AvgIpc) is 2.43. The quantitative estimate of drug-likeness (QED) is 0.826. The number of nitrogens with one attached hydrogen (secondary N) is 1. The number of hydrogen-bond acceptors (Lipinski definition) is 5. The zero-order valence-corrected chi connectivity index (χ0v) is 12.6. The third kappa shape index (κ3) is 3.43. The number of hydrogen-bond donors (Lipinski definition) is 2. The van der Waals surface area contributed by atoms with Gasteiger partial charge in [-0.25, -0.2) is 13.4 Å².